The predicted molar refractivity (Wildman–Crippen MR) is 82.5 cm³/mol. The third kappa shape index (κ3) is 3.75. The molecule has 0 saturated carbocycles. The lowest BCUT2D eigenvalue weighted by molar-refractivity contribution is -0.0125. The summed E-state index contributed by atoms with van der Waals surface area (Å²) in [6.07, 6.45) is 4.13. The first-order valence-corrected chi connectivity index (χ1v) is 7.98. The summed E-state index contributed by atoms with van der Waals surface area (Å²) in [5.74, 6) is 0.209. The summed E-state index contributed by atoms with van der Waals surface area (Å²) in [6, 6.07) is 8.01. The summed E-state index contributed by atoms with van der Waals surface area (Å²) < 4.78 is 5.57. The second-order valence-corrected chi connectivity index (χ2v) is 6.11. The highest BCUT2D eigenvalue weighted by molar-refractivity contribution is 7.12. The van der Waals surface area contributed by atoms with Crippen molar-refractivity contribution in [2.24, 2.45) is 0 Å². The standard InChI is InChI=1S/C16H18N2O2S/c19-15(16-2-1-9-21-16)10-14-12-20-8-7-18(14)11-13-3-5-17-6-4-13/h1-6,9,14H,7-8,10-12H2/t14-/m1/s1. The van der Waals surface area contributed by atoms with Crippen LogP contribution in [0.1, 0.15) is 21.7 Å². The zero-order valence-corrected chi connectivity index (χ0v) is 12.6. The number of hydrogen-bond acceptors (Lipinski definition) is 5. The Kier molecular flexibility index (Phi) is 4.75. The fourth-order valence-corrected chi connectivity index (χ4v) is 3.24. The van der Waals surface area contributed by atoms with Crippen LogP contribution in [0.3, 0.4) is 0 Å². The van der Waals surface area contributed by atoms with E-state index in [1.807, 2.05) is 42.0 Å². The first-order valence-electron chi connectivity index (χ1n) is 7.10. The molecule has 3 rings (SSSR count). The van der Waals surface area contributed by atoms with Gasteiger partial charge in [-0.15, -0.1) is 11.3 Å². The molecule has 2 aromatic rings. The van der Waals surface area contributed by atoms with Gasteiger partial charge in [0.25, 0.3) is 0 Å². The van der Waals surface area contributed by atoms with Crippen molar-refractivity contribution in [1.29, 1.82) is 0 Å². The number of carbonyl (C=O) groups is 1. The molecule has 5 heteroatoms. The Labute approximate surface area is 128 Å². The Morgan fingerprint density at radius 1 is 1.38 bits per heavy atom. The van der Waals surface area contributed by atoms with E-state index in [-0.39, 0.29) is 11.8 Å². The molecule has 1 saturated heterocycles. The molecule has 1 aliphatic rings. The molecule has 1 atom stereocenters. The molecule has 0 N–H and O–H groups in total. The molecule has 0 aliphatic carbocycles. The van der Waals surface area contributed by atoms with Crippen LogP contribution in [0.2, 0.25) is 0 Å². The number of ketones is 1. The van der Waals surface area contributed by atoms with E-state index in [1.54, 1.807) is 0 Å². The zero-order chi connectivity index (χ0) is 14.5. The summed E-state index contributed by atoms with van der Waals surface area (Å²) in [6.45, 7) is 3.07. The lowest BCUT2D eigenvalue weighted by Crippen LogP contribution is -2.45. The average Bonchev–Trinajstić information content (AvgIpc) is 3.05. The van der Waals surface area contributed by atoms with E-state index in [1.165, 1.54) is 16.9 Å². The largest absolute Gasteiger partial charge is 0.378 e. The minimum absolute atomic E-state index is 0.154. The molecule has 0 amide bonds. The maximum Gasteiger partial charge on any atom is 0.174 e. The third-order valence-corrected chi connectivity index (χ3v) is 4.61. The first-order chi connectivity index (χ1) is 10.3. The highest BCUT2D eigenvalue weighted by atomic mass is 32.1. The van der Waals surface area contributed by atoms with Crippen LogP contribution in [0.5, 0.6) is 0 Å². The molecule has 0 bridgehead atoms. The van der Waals surface area contributed by atoms with E-state index in [2.05, 4.69) is 9.88 Å². The van der Waals surface area contributed by atoms with Gasteiger partial charge in [-0.1, -0.05) is 6.07 Å². The van der Waals surface area contributed by atoms with Crippen molar-refractivity contribution in [1.82, 2.24) is 9.88 Å². The number of pyridine rings is 1. The van der Waals surface area contributed by atoms with Gasteiger partial charge in [-0.3, -0.25) is 14.7 Å². The molecule has 0 spiro atoms. The predicted octanol–water partition coefficient (Wildman–Crippen LogP) is 2.62. The summed E-state index contributed by atoms with van der Waals surface area (Å²) in [5.41, 5.74) is 1.22. The van der Waals surface area contributed by atoms with Gasteiger partial charge < -0.3 is 4.74 Å². The fraction of sp³-hybridized carbons (Fsp3) is 0.375. The molecule has 3 heterocycles. The minimum Gasteiger partial charge on any atom is -0.378 e. The van der Waals surface area contributed by atoms with Crippen LogP contribution < -0.4 is 0 Å². The van der Waals surface area contributed by atoms with Gasteiger partial charge in [0.05, 0.1) is 18.1 Å². The molecular formula is C16H18N2O2S. The molecule has 0 radical (unpaired) electrons. The fourth-order valence-electron chi connectivity index (χ4n) is 2.56. The van der Waals surface area contributed by atoms with Crippen LogP contribution in [0, 0.1) is 0 Å². The van der Waals surface area contributed by atoms with Crippen molar-refractivity contribution >= 4 is 17.1 Å². The quantitative estimate of drug-likeness (QED) is 0.796. The Morgan fingerprint density at radius 2 is 2.24 bits per heavy atom. The minimum atomic E-state index is 0.154. The molecule has 1 aliphatic heterocycles. The topological polar surface area (TPSA) is 42.4 Å². The molecule has 2 aromatic heterocycles. The summed E-state index contributed by atoms with van der Waals surface area (Å²) in [5, 5.41) is 1.94. The monoisotopic (exact) mass is 302 g/mol. The van der Waals surface area contributed by atoms with Crippen LogP contribution in [0.4, 0.5) is 0 Å². The molecule has 110 valence electrons. The maximum absolute atomic E-state index is 12.3. The van der Waals surface area contributed by atoms with Gasteiger partial charge in [0.2, 0.25) is 0 Å². The number of hydrogen-bond donors (Lipinski definition) is 0. The molecule has 4 nitrogen and oxygen atoms in total. The highest BCUT2D eigenvalue weighted by Gasteiger charge is 2.26. The lowest BCUT2D eigenvalue weighted by atomic mass is 10.1. The van der Waals surface area contributed by atoms with Crippen LogP contribution in [0.15, 0.2) is 42.0 Å². The Balaban J connectivity index is 1.65. The number of Topliss-reactive ketones (excluding diaryl/α,β-unsaturated/α-hetero) is 1. The van der Waals surface area contributed by atoms with Gasteiger partial charge in [0, 0.05) is 37.9 Å². The number of aromatic nitrogens is 1. The average molecular weight is 302 g/mol. The van der Waals surface area contributed by atoms with Gasteiger partial charge in [-0.05, 0) is 29.1 Å². The molecular weight excluding hydrogens is 284 g/mol. The van der Waals surface area contributed by atoms with Gasteiger partial charge in [-0.2, -0.15) is 0 Å². The first kappa shape index (κ1) is 14.4. The van der Waals surface area contributed by atoms with E-state index in [9.17, 15) is 4.79 Å². The van der Waals surface area contributed by atoms with Crippen LogP contribution in [-0.2, 0) is 11.3 Å². The SMILES string of the molecule is O=C(C[C@@H]1COCCN1Cc1ccncc1)c1cccs1. The summed E-state index contributed by atoms with van der Waals surface area (Å²) >= 11 is 1.51. The van der Waals surface area contributed by atoms with Gasteiger partial charge >= 0.3 is 0 Å². The Hall–Kier alpha value is -1.56. The third-order valence-electron chi connectivity index (χ3n) is 3.70. The molecule has 1 fully saturated rings. The van der Waals surface area contributed by atoms with Crippen LogP contribution in [0.25, 0.3) is 0 Å². The van der Waals surface area contributed by atoms with Crippen molar-refractivity contribution in [3.8, 4) is 0 Å². The van der Waals surface area contributed by atoms with E-state index < -0.39 is 0 Å². The second kappa shape index (κ2) is 6.93. The van der Waals surface area contributed by atoms with Crippen molar-refractivity contribution in [3.63, 3.8) is 0 Å². The molecule has 21 heavy (non-hydrogen) atoms. The molecule has 0 aromatic carbocycles. The normalized spacial score (nSPS) is 19.5. The number of ether oxygens (including phenoxy) is 1. The van der Waals surface area contributed by atoms with Gasteiger partial charge in [0.15, 0.2) is 5.78 Å². The summed E-state index contributed by atoms with van der Waals surface area (Å²) in [7, 11) is 0. The number of nitrogens with zero attached hydrogens (tertiary/aromatic N) is 2. The maximum atomic E-state index is 12.3. The van der Waals surface area contributed by atoms with E-state index in [0.29, 0.717) is 13.0 Å². The van der Waals surface area contributed by atoms with Crippen molar-refractivity contribution in [3.05, 3.63) is 52.5 Å². The van der Waals surface area contributed by atoms with E-state index in [4.69, 9.17) is 4.74 Å². The van der Waals surface area contributed by atoms with Crippen LogP contribution >= 0.6 is 11.3 Å². The number of carbonyl (C=O) groups excluding carboxylic acids is 1. The van der Waals surface area contributed by atoms with E-state index >= 15 is 0 Å². The number of morpholine rings is 1. The Morgan fingerprint density at radius 3 is 3.00 bits per heavy atom. The lowest BCUT2D eigenvalue weighted by Gasteiger charge is -2.35. The van der Waals surface area contributed by atoms with Crippen molar-refractivity contribution in [2.75, 3.05) is 19.8 Å². The van der Waals surface area contributed by atoms with E-state index in [0.717, 1.165) is 24.6 Å². The smallest absolute Gasteiger partial charge is 0.174 e. The Bertz CT molecular complexity index is 571. The summed E-state index contributed by atoms with van der Waals surface area (Å²) in [4.78, 5) is 19.5. The van der Waals surface area contributed by atoms with Gasteiger partial charge in [0.1, 0.15) is 0 Å². The van der Waals surface area contributed by atoms with Crippen molar-refractivity contribution in [2.45, 2.75) is 19.0 Å². The zero-order valence-electron chi connectivity index (χ0n) is 11.8. The highest BCUT2D eigenvalue weighted by Crippen LogP contribution is 2.19. The van der Waals surface area contributed by atoms with Crippen molar-refractivity contribution < 1.29 is 9.53 Å². The van der Waals surface area contributed by atoms with Crippen LogP contribution in [-0.4, -0.2) is 41.5 Å². The number of rotatable bonds is 5. The number of thiophene rings is 1. The van der Waals surface area contributed by atoms with Gasteiger partial charge in [-0.25, -0.2) is 0 Å². The second-order valence-electron chi connectivity index (χ2n) is 5.16. The molecule has 0 unspecified atom stereocenters.